The van der Waals surface area contributed by atoms with Gasteiger partial charge in [-0.05, 0) is 6.42 Å². The lowest BCUT2D eigenvalue weighted by atomic mass is 10.1. The molecule has 0 aliphatic rings. The average Bonchev–Trinajstić information content (AvgIpc) is 2.40. The molecule has 0 aromatic heterocycles. The molecule has 2 N–H and O–H groups in total. The Morgan fingerprint density at radius 3 is 1.55 bits per heavy atom. The summed E-state index contributed by atoms with van der Waals surface area (Å²) < 4.78 is 0. The summed E-state index contributed by atoms with van der Waals surface area (Å²) in [5.74, 6) is -1.73. The van der Waals surface area contributed by atoms with Crippen LogP contribution in [0.3, 0.4) is 0 Å². The summed E-state index contributed by atoms with van der Waals surface area (Å²) >= 11 is 0. The molecule has 0 radical (unpaired) electrons. The molecule has 0 spiro atoms. The maximum Gasteiger partial charge on any atom is 0.303 e. The van der Waals surface area contributed by atoms with Crippen molar-refractivity contribution in [1.29, 1.82) is 0 Å². The zero-order chi connectivity index (χ0) is 15.8. The number of aliphatic carboxylic acids is 2. The molecule has 5 heteroatoms. The largest absolute Gasteiger partial charge is 0.481 e. The molecule has 0 saturated carbocycles. The Morgan fingerprint density at radius 2 is 1.15 bits per heavy atom. The summed E-state index contributed by atoms with van der Waals surface area (Å²) in [4.78, 5) is 30.2. The van der Waals surface area contributed by atoms with E-state index in [9.17, 15) is 14.4 Å². The summed E-state index contributed by atoms with van der Waals surface area (Å²) in [6.45, 7) is 4.17. The highest BCUT2D eigenvalue weighted by Gasteiger charge is 2.00. The van der Waals surface area contributed by atoms with Crippen LogP contribution in [0.2, 0.25) is 0 Å². The monoisotopic (exact) mass is 288 g/mol. The van der Waals surface area contributed by atoms with Gasteiger partial charge in [0.2, 0.25) is 0 Å². The van der Waals surface area contributed by atoms with E-state index in [1.807, 2.05) is 6.92 Å². The van der Waals surface area contributed by atoms with Crippen molar-refractivity contribution in [2.75, 3.05) is 0 Å². The highest BCUT2D eigenvalue weighted by Crippen LogP contribution is 2.07. The smallest absolute Gasteiger partial charge is 0.303 e. The Morgan fingerprint density at radius 1 is 0.700 bits per heavy atom. The molecule has 0 aromatic rings. The molecule has 118 valence electrons. The van der Waals surface area contributed by atoms with Gasteiger partial charge in [-0.1, -0.05) is 46.0 Å². The van der Waals surface area contributed by atoms with Crippen LogP contribution in [0, 0.1) is 0 Å². The van der Waals surface area contributed by atoms with E-state index in [4.69, 9.17) is 10.2 Å². The molecule has 0 heterocycles. The minimum Gasteiger partial charge on any atom is -0.481 e. The van der Waals surface area contributed by atoms with Gasteiger partial charge in [0.15, 0.2) is 0 Å². The van der Waals surface area contributed by atoms with Crippen molar-refractivity contribution in [3.05, 3.63) is 0 Å². The number of hydrogen-bond acceptors (Lipinski definition) is 3. The van der Waals surface area contributed by atoms with Crippen LogP contribution in [0.1, 0.15) is 78.1 Å². The van der Waals surface area contributed by atoms with E-state index >= 15 is 0 Å². The molecule has 0 aliphatic heterocycles. The lowest BCUT2D eigenvalue weighted by Crippen LogP contribution is -2.00. The van der Waals surface area contributed by atoms with E-state index in [1.165, 1.54) is 32.1 Å². The normalized spacial score (nSPS) is 9.50. The topological polar surface area (TPSA) is 91.7 Å². The Hall–Kier alpha value is -1.39. The fourth-order valence-corrected chi connectivity index (χ4v) is 1.49. The fourth-order valence-electron chi connectivity index (χ4n) is 1.49. The first-order chi connectivity index (χ1) is 9.43. The second-order valence-electron chi connectivity index (χ2n) is 4.70. The summed E-state index contributed by atoms with van der Waals surface area (Å²) in [5, 5.41) is 15.8. The van der Waals surface area contributed by atoms with Crippen LogP contribution in [0.25, 0.3) is 0 Å². The van der Waals surface area contributed by atoms with Crippen molar-refractivity contribution in [2.24, 2.45) is 0 Å². The molecule has 0 amide bonds. The van der Waals surface area contributed by atoms with Crippen molar-refractivity contribution in [2.45, 2.75) is 78.1 Å². The van der Waals surface area contributed by atoms with Crippen molar-refractivity contribution in [3.63, 3.8) is 0 Å². The number of ketones is 1. The van der Waals surface area contributed by atoms with Crippen LogP contribution in [0.5, 0.6) is 0 Å². The molecule has 0 aliphatic carbocycles. The molecule has 0 bridgehead atoms. The number of rotatable bonds is 11. The van der Waals surface area contributed by atoms with Gasteiger partial charge < -0.3 is 10.2 Å². The van der Waals surface area contributed by atoms with E-state index in [0.717, 1.165) is 19.3 Å². The maximum atomic E-state index is 10.9. The summed E-state index contributed by atoms with van der Waals surface area (Å²) in [5.41, 5.74) is 0. The zero-order valence-corrected chi connectivity index (χ0v) is 12.7. The van der Waals surface area contributed by atoms with Crippen molar-refractivity contribution >= 4 is 17.7 Å². The van der Waals surface area contributed by atoms with Crippen molar-refractivity contribution in [1.82, 2.24) is 0 Å². The number of carboxylic acids is 2. The van der Waals surface area contributed by atoms with Gasteiger partial charge in [-0.3, -0.25) is 14.4 Å². The van der Waals surface area contributed by atoms with Crippen molar-refractivity contribution < 1.29 is 24.6 Å². The Labute approximate surface area is 121 Å². The molecule has 0 saturated heterocycles. The average molecular weight is 288 g/mol. The Bertz CT molecular complexity index is 259. The first-order valence-electron chi connectivity index (χ1n) is 7.39. The van der Waals surface area contributed by atoms with E-state index in [1.54, 1.807) is 0 Å². The molecule has 20 heavy (non-hydrogen) atoms. The second-order valence-corrected chi connectivity index (χ2v) is 4.70. The van der Waals surface area contributed by atoms with E-state index in [0.29, 0.717) is 5.78 Å². The Balaban J connectivity index is 0. The maximum absolute atomic E-state index is 10.9. The number of carbonyl (C=O) groups excluding carboxylic acids is 1. The predicted molar refractivity (Wildman–Crippen MR) is 77.8 cm³/mol. The summed E-state index contributed by atoms with van der Waals surface area (Å²) in [6.07, 6.45) is 8.58. The van der Waals surface area contributed by atoms with Gasteiger partial charge in [-0.15, -0.1) is 0 Å². The third-order valence-electron chi connectivity index (χ3n) is 2.76. The molecular weight excluding hydrogens is 260 g/mol. The van der Waals surface area contributed by atoms with Gasteiger partial charge in [0.05, 0.1) is 12.8 Å². The molecule has 0 aromatic carbocycles. The van der Waals surface area contributed by atoms with Gasteiger partial charge in [0, 0.05) is 12.8 Å². The third kappa shape index (κ3) is 21.9. The van der Waals surface area contributed by atoms with Crippen LogP contribution in [0.4, 0.5) is 0 Å². The minimum atomic E-state index is -1.08. The van der Waals surface area contributed by atoms with Crippen molar-refractivity contribution in [3.8, 4) is 0 Å². The molecule has 0 fully saturated rings. The first kappa shape index (κ1) is 20.9. The van der Waals surface area contributed by atoms with Crippen LogP contribution in [0.15, 0.2) is 0 Å². The van der Waals surface area contributed by atoms with Gasteiger partial charge in [-0.25, -0.2) is 0 Å². The second kappa shape index (κ2) is 15.7. The van der Waals surface area contributed by atoms with Gasteiger partial charge in [0.1, 0.15) is 5.78 Å². The number of hydrogen-bond donors (Lipinski definition) is 2. The van der Waals surface area contributed by atoms with E-state index in [2.05, 4.69) is 6.92 Å². The van der Waals surface area contributed by atoms with Crippen LogP contribution >= 0.6 is 0 Å². The van der Waals surface area contributed by atoms with E-state index in [-0.39, 0.29) is 12.8 Å². The van der Waals surface area contributed by atoms with Crippen LogP contribution in [-0.4, -0.2) is 27.9 Å². The van der Waals surface area contributed by atoms with Crippen LogP contribution < -0.4 is 0 Å². The van der Waals surface area contributed by atoms with Crippen LogP contribution in [-0.2, 0) is 14.4 Å². The molecule has 0 atom stereocenters. The number of Topliss-reactive ketones (excluding diaryl/α,β-unsaturated/α-hetero) is 1. The highest BCUT2D eigenvalue weighted by atomic mass is 16.4. The molecule has 0 rings (SSSR count). The predicted octanol–water partition coefficient (Wildman–Crippen LogP) is 3.65. The standard InChI is InChI=1S/C11H22O.C4H6O4/c1-3-5-6-7-8-9-10-11(12)4-2;5-3(6)1-2-4(7)8/h3-10H2,1-2H3;1-2H2,(H,5,6)(H,7,8). The Kier molecular flexibility index (Phi) is 16.4. The first-order valence-corrected chi connectivity index (χ1v) is 7.39. The summed E-state index contributed by atoms with van der Waals surface area (Å²) in [7, 11) is 0. The molecule has 0 unspecified atom stereocenters. The van der Waals surface area contributed by atoms with Gasteiger partial charge in [0.25, 0.3) is 0 Å². The molecular formula is C15H28O5. The van der Waals surface area contributed by atoms with Gasteiger partial charge in [-0.2, -0.15) is 0 Å². The third-order valence-corrected chi connectivity index (χ3v) is 2.76. The summed E-state index contributed by atoms with van der Waals surface area (Å²) in [6, 6.07) is 0. The zero-order valence-electron chi connectivity index (χ0n) is 12.7. The van der Waals surface area contributed by atoms with E-state index < -0.39 is 11.9 Å². The number of carboxylic acid groups (broad SMARTS) is 2. The quantitative estimate of drug-likeness (QED) is 0.566. The lowest BCUT2D eigenvalue weighted by Gasteiger charge is -1.98. The lowest BCUT2D eigenvalue weighted by molar-refractivity contribution is -0.143. The minimum absolute atomic E-state index is 0.296. The SMILES string of the molecule is CCCCCCCCC(=O)CC.O=C(O)CCC(=O)O. The number of carbonyl (C=O) groups is 3. The highest BCUT2D eigenvalue weighted by molar-refractivity contribution is 5.77. The number of unbranched alkanes of at least 4 members (excludes halogenated alkanes) is 5. The fraction of sp³-hybridized carbons (Fsp3) is 0.800. The molecule has 5 nitrogen and oxygen atoms in total. The van der Waals surface area contributed by atoms with Gasteiger partial charge >= 0.3 is 11.9 Å².